The molecule has 2 aromatic carbocycles. The second-order valence-corrected chi connectivity index (χ2v) is 8.02. The minimum atomic E-state index is -0.175. The van der Waals surface area contributed by atoms with Gasteiger partial charge in [-0.3, -0.25) is 0 Å². The summed E-state index contributed by atoms with van der Waals surface area (Å²) in [4.78, 5) is 17.5. The topological polar surface area (TPSA) is 81.6 Å². The third-order valence-electron chi connectivity index (χ3n) is 6.05. The monoisotopic (exact) mass is 422 g/mol. The molecular weight excluding hydrogens is 392 g/mol. The highest BCUT2D eigenvalue weighted by Gasteiger charge is 2.19. The zero-order valence-electron chi connectivity index (χ0n) is 18.3. The molecule has 0 spiro atoms. The second-order valence-electron chi connectivity index (χ2n) is 8.02. The first-order chi connectivity index (χ1) is 15.0. The van der Waals surface area contributed by atoms with E-state index in [9.17, 15) is 4.79 Å². The fourth-order valence-corrected chi connectivity index (χ4v) is 3.84. The fourth-order valence-electron chi connectivity index (χ4n) is 3.84. The summed E-state index contributed by atoms with van der Waals surface area (Å²) in [5.74, 6) is 0.874. The van der Waals surface area contributed by atoms with Gasteiger partial charge in [0.25, 0.3) is 0 Å². The minimum Gasteiger partial charge on any atom is -0.497 e. The van der Waals surface area contributed by atoms with Crippen LogP contribution in [0.2, 0.25) is 0 Å². The van der Waals surface area contributed by atoms with Gasteiger partial charge in [-0.05, 0) is 62.4 Å². The predicted octanol–water partition coefficient (Wildman–Crippen LogP) is 2.28. The van der Waals surface area contributed by atoms with E-state index in [0.717, 1.165) is 43.3 Å². The largest absolute Gasteiger partial charge is 0.497 e. The molecule has 1 aliphatic rings. The van der Waals surface area contributed by atoms with Gasteiger partial charge in [0.15, 0.2) is 0 Å². The van der Waals surface area contributed by atoms with Gasteiger partial charge < -0.3 is 20.3 Å². The first-order valence-electron chi connectivity index (χ1n) is 10.6. The summed E-state index contributed by atoms with van der Waals surface area (Å²) in [5.41, 5.74) is 8.92. The van der Waals surface area contributed by atoms with Crippen LogP contribution in [0.1, 0.15) is 19.9 Å². The average Bonchev–Trinajstić information content (AvgIpc) is 3.20. The van der Waals surface area contributed by atoms with Crippen LogP contribution >= 0.6 is 0 Å². The van der Waals surface area contributed by atoms with E-state index in [1.807, 2.05) is 38.1 Å². The zero-order chi connectivity index (χ0) is 22.0. The second kappa shape index (κ2) is 8.85. The number of nitrogens with two attached hydrogens (primary N) is 1. The van der Waals surface area contributed by atoms with Crippen LogP contribution in [-0.2, 0) is 0 Å². The molecule has 1 aliphatic heterocycles. The third-order valence-corrected chi connectivity index (χ3v) is 6.05. The number of anilines is 2. The maximum Gasteiger partial charge on any atom is 0.350 e. The maximum absolute atomic E-state index is 12.7. The Bertz CT molecular complexity index is 1050. The van der Waals surface area contributed by atoms with Crippen molar-refractivity contribution in [2.24, 2.45) is 5.73 Å². The van der Waals surface area contributed by atoms with Gasteiger partial charge in [-0.2, -0.15) is 5.10 Å². The molecule has 1 fully saturated rings. The highest BCUT2D eigenvalue weighted by molar-refractivity contribution is 5.54. The summed E-state index contributed by atoms with van der Waals surface area (Å²) in [7, 11) is 1.68. The van der Waals surface area contributed by atoms with E-state index in [1.54, 1.807) is 18.0 Å². The lowest BCUT2D eigenvalue weighted by Crippen LogP contribution is -2.46. The Hall–Kier alpha value is -3.26. The first-order valence-corrected chi connectivity index (χ1v) is 10.6. The van der Waals surface area contributed by atoms with Crippen molar-refractivity contribution in [3.63, 3.8) is 0 Å². The molecule has 0 amide bonds. The maximum atomic E-state index is 12.7. The van der Waals surface area contributed by atoms with Gasteiger partial charge in [0.1, 0.15) is 12.1 Å². The number of rotatable bonds is 6. The molecule has 164 valence electrons. The molecule has 2 heterocycles. The van der Waals surface area contributed by atoms with E-state index in [0.29, 0.717) is 0 Å². The van der Waals surface area contributed by atoms with Crippen molar-refractivity contribution in [1.82, 2.24) is 14.3 Å². The molecule has 8 nitrogen and oxygen atoms in total. The van der Waals surface area contributed by atoms with Gasteiger partial charge in [0, 0.05) is 43.6 Å². The number of aromatic nitrogens is 3. The molecule has 3 aromatic rings. The van der Waals surface area contributed by atoms with Crippen molar-refractivity contribution in [3.8, 4) is 11.4 Å². The quantitative estimate of drug-likeness (QED) is 0.656. The molecule has 0 saturated carbocycles. The van der Waals surface area contributed by atoms with Crippen LogP contribution in [0.15, 0.2) is 59.7 Å². The lowest BCUT2D eigenvalue weighted by Gasteiger charge is -2.37. The van der Waals surface area contributed by atoms with Crippen LogP contribution in [0, 0.1) is 0 Å². The zero-order valence-corrected chi connectivity index (χ0v) is 18.3. The number of benzene rings is 2. The van der Waals surface area contributed by atoms with Gasteiger partial charge in [-0.15, -0.1) is 0 Å². The number of piperazine rings is 1. The molecule has 31 heavy (non-hydrogen) atoms. The first kappa shape index (κ1) is 21.0. The van der Waals surface area contributed by atoms with Crippen molar-refractivity contribution >= 4 is 11.4 Å². The number of ether oxygens (including phenoxy) is 1. The highest BCUT2D eigenvalue weighted by atomic mass is 16.5. The number of hydrogen-bond donors (Lipinski definition) is 1. The molecule has 8 heteroatoms. The van der Waals surface area contributed by atoms with Gasteiger partial charge in [-0.25, -0.2) is 14.0 Å². The summed E-state index contributed by atoms with van der Waals surface area (Å²) in [5, 5.41) is 4.24. The van der Waals surface area contributed by atoms with Crippen LogP contribution in [0.5, 0.6) is 5.75 Å². The molecule has 4 rings (SSSR count). The van der Waals surface area contributed by atoms with Gasteiger partial charge >= 0.3 is 5.69 Å². The van der Waals surface area contributed by atoms with Gasteiger partial charge in [-0.1, -0.05) is 0 Å². The Morgan fingerprint density at radius 2 is 1.35 bits per heavy atom. The summed E-state index contributed by atoms with van der Waals surface area (Å²) in [6, 6.07) is 16.0. The molecule has 0 aliphatic carbocycles. The average molecular weight is 423 g/mol. The molecule has 2 atom stereocenters. The third kappa shape index (κ3) is 4.29. The van der Waals surface area contributed by atoms with Crippen LogP contribution < -0.4 is 26.0 Å². The lowest BCUT2D eigenvalue weighted by atomic mass is 10.2. The van der Waals surface area contributed by atoms with Gasteiger partial charge in [0.2, 0.25) is 0 Å². The van der Waals surface area contributed by atoms with Crippen molar-refractivity contribution in [3.05, 3.63) is 65.3 Å². The van der Waals surface area contributed by atoms with Crippen LogP contribution in [0.25, 0.3) is 5.69 Å². The SMILES string of the molecule is COc1ccc(N2CCN(c3ccc(-n4cnn([C@H](C)[C@H](C)N)c4=O)cc3)CC2)cc1. The fraction of sp³-hybridized carbons (Fsp3) is 0.391. The Morgan fingerprint density at radius 1 is 0.871 bits per heavy atom. The van der Waals surface area contributed by atoms with Crippen LogP contribution in [0.3, 0.4) is 0 Å². The van der Waals surface area contributed by atoms with E-state index in [2.05, 4.69) is 39.2 Å². The van der Waals surface area contributed by atoms with Gasteiger partial charge in [0.05, 0.1) is 18.8 Å². The van der Waals surface area contributed by atoms with E-state index < -0.39 is 0 Å². The lowest BCUT2D eigenvalue weighted by molar-refractivity contribution is 0.412. The summed E-state index contributed by atoms with van der Waals surface area (Å²) < 4.78 is 8.25. The van der Waals surface area contributed by atoms with E-state index in [-0.39, 0.29) is 17.8 Å². The van der Waals surface area contributed by atoms with E-state index in [1.165, 1.54) is 10.4 Å². The van der Waals surface area contributed by atoms with Crippen molar-refractivity contribution in [2.45, 2.75) is 25.9 Å². The van der Waals surface area contributed by atoms with Crippen LogP contribution in [-0.4, -0.2) is 53.7 Å². The number of methoxy groups -OCH3 is 1. The van der Waals surface area contributed by atoms with Crippen molar-refractivity contribution < 1.29 is 4.74 Å². The smallest absolute Gasteiger partial charge is 0.350 e. The number of nitrogens with zero attached hydrogens (tertiary/aromatic N) is 5. The Morgan fingerprint density at radius 3 is 1.84 bits per heavy atom. The summed E-state index contributed by atoms with van der Waals surface area (Å²) >= 11 is 0. The standard InChI is InChI=1S/C23H30N6O2/c1-17(24)18(2)29-23(30)28(16-25-29)21-6-4-19(5-7-21)26-12-14-27(15-13-26)20-8-10-22(31-3)11-9-20/h4-11,16-18H,12-15,24H2,1-3H3/t17-,18+/m0/s1. The normalized spacial score (nSPS) is 16.3. The molecular formula is C23H30N6O2. The molecule has 1 saturated heterocycles. The number of hydrogen-bond acceptors (Lipinski definition) is 6. The summed E-state index contributed by atoms with van der Waals surface area (Å²) in [6.45, 7) is 7.56. The highest BCUT2D eigenvalue weighted by Crippen LogP contribution is 2.23. The molecule has 1 aromatic heterocycles. The molecule has 0 bridgehead atoms. The predicted molar refractivity (Wildman–Crippen MR) is 124 cm³/mol. The van der Waals surface area contributed by atoms with Crippen molar-refractivity contribution in [1.29, 1.82) is 0 Å². The molecule has 0 radical (unpaired) electrons. The van der Waals surface area contributed by atoms with E-state index in [4.69, 9.17) is 10.5 Å². The Balaban J connectivity index is 1.42. The minimum absolute atomic E-state index is 0.153. The molecule has 0 unspecified atom stereocenters. The Kier molecular flexibility index (Phi) is 5.99. The summed E-state index contributed by atoms with van der Waals surface area (Å²) in [6.07, 6.45) is 1.56. The Labute approximate surface area is 182 Å². The van der Waals surface area contributed by atoms with E-state index >= 15 is 0 Å². The van der Waals surface area contributed by atoms with Crippen molar-refractivity contribution in [2.75, 3.05) is 43.1 Å². The molecule has 2 N–H and O–H groups in total. The van der Waals surface area contributed by atoms with Crippen LogP contribution in [0.4, 0.5) is 11.4 Å².